The van der Waals surface area contributed by atoms with Gasteiger partial charge in [-0.05, 0) is 36.4 Å². The van der Waals surface area contributed by atoms with Crippen molar-refractivity contribution >= 4 is 37.6 Å². The Labute approximate surface area is 174 Å². The Morgan fingerprint density at radius 3 is 2.66 bits per heavy atom. The van der Waals surface area contributed by atoms with E-state index in [0.29, 0.717) is 10.1 Å². The molecule has 1 aromatic carbocycles. The lowest BCUT2D eigenvalue weighted by Gasteiger charge is -2.15. The third kappa shape index (κ3) is 5.07. The summed E-state index contributed by atoms with van der Waals surface area (Å²) in [6, 6.07) is 10.5. The number of benzene rings is 1. The van der Waals surface area contributed by atoms with Crippen LogP contribution in [0.25, 0.3) is 5.65 Å². The highest BCUT2D eigenvalue weighted by molar-refractivity contribution is 9.10. The minimum atomic E-state index is -4.05. The van der Waals surface area contributed by atoms with E-state index in [1.54, 1.807) is 24.4 Å². The molecule has 11 heteroatoms. The monoisotopic (exact) mass is 481 g/mol. The summed E-state index contributed by atoms with van der Waals surface area (Å²) < 4.78 is 33.9. The van der Waals surface area contributed by atoms with Crippen LogP contribution in [-0.2, 0) is 26.2 Å². The number of aliphatic hydroxyl groups is 1. The second-order valence-corrected chi connectivity index (χ2v) is 8.56. The lowest BCUT2D eigenvalue weighted by molar-refractivity contribution is -0.148. The van der Waals surface area contributed by atoms with E-state index in [1.807, 2.05) is 0 Å². The van der Waals surface area contributed by atoms with E-state index in [4.69, 9.17) is 4.74 Å². The second-order valence-electron chi connectivity index (χ2n) is 5.93. The van der Waals surface area contributed by atoms with Crippen molar-refractivity contribution in [1.29, 1.82) is 0 Å². The number of carbonyl (C=O) groups is 1. The molecule has 0 saturated carbocycles. The first kappa shape index (κ1) is 21.1. The van der Waals surface area contributed by atoms with Crippen LogP contribution in [0.3, 0.4) is 0 Å². The number of fused-ring (bicyclic) bond motifs is 1. The quantitative estimate of drug-likeness (QED) is 0.478. The maximum absolute atomic E-state index is 12.4. The van der Waals surface area contributed by atoms with Crippen LogP contribution in [0.4, 0.5) is 0 Å². The molecule has 3 aromatic rings. The number of nitrogens with zero attached hydrogens (tertiary/aromatic N) is 2. The summed E-state index contributed by atoms with van der Waals surface area (Å²) in [5.41, 5.74) is 0.221. The van der Waals surface area contributed by atoms with Gasteiger partial charge in [0.1, 0.15) is 18.3 Å². The number of hydrogen-bond donors (Lipinski definition) is 2. The van der Waals surface area contributed by atoms with E-state index in [-0.39, 0.29) is 22.8 Å². The van der Waals surface area contributed by atoms with Crippen LogP contribution in [0.2, 0.25) is 0 Å². The molecule has 0 saturated heterocycles. The zero-order chi connectivity index (χ0) is 21.0. The molecular weight excluding hydrogens is 466 g/mol. The molecule has 0 fully saturated rings. The van der Waals surface area contributed by atoms with Gasteiger partial charge in [0.05, 0.1) is 17.2 Å². The number of aliphatic hydroxyl groups excluding tert-OH is 1. The van der Waals surface area contributed by atoms with Gasteiger partial charge >= 0.3 is 5.97 Å². The molecule has 1 unspecified atom stereocenters. The molecule has 1 atom stereocenters. The SMILES string of the molecule is O=C(OCc1cc(=O)n2ccccc2n1)C(CO)NS(=O)(=O)c1ccc(Br)cc1. The summed E-state index contributed by atoms with van der Waals surface area (Å²) >= 11 is 3.20. The molecule has 29 heavy (non-hydrogen) atoms. The third-order valence-corrected chi connectivity index (χ3v) is 5.89. The van der Waals surface area contributed by atoms with Gasteiger partial charge in [-0.3, -0.25) is 14.0 Å². The maximum Gasteiger partial charge on any atom is 0.326 e. The van der Waals surface area contributed by atoms with Gasteiger partial charge in [-0.15, -0.1) is 0 Å². The van der Waals surface area contributed by atoms with E-state index in [9.17, 15) is 23.1 Å². The fourth-order valence-corrected chi connectivity index (χ4v) is 3.89. The normalized spacial score (nSPS) is 12.6. The van der Waals surface area contributed by atoms with Crippen molar-refractivity contribution in [2.45, 2.75) is 17.5 Å². The number of hydrogen-bond acceptors (Lipinski definition) is 7. The van der Waals surface area contributed by atoms with E-state index in [2.05, 4.69) is 25.6 Å². The first-order valence-corrected chi connectivity index (χ1v) is 10.6. The van der Waals surface area contributed by atoms with Crippen molar-refractivity contribution in [3.8, 4) is 0 Å². The second kappa shape index (κ2) is 8.82. The van der Waals surface area contributed by atoms with Gasteiger partial charge < -0.3 is 9.84 Å². The Hall–Kier alpha value is -2.60. The minimum absolute atomic E-state index is 0.0730. The molecule has 9 nitrogen and oxygen atoms in total. The predicted octanol–water partition coefficient (Wildman–Crippen LogP) is 0.840. The number of ether oxygens (including phenoxy) is 1. The van der Waals surface area contributed by atoms with Crippen LogP contribution >= 0.6 is 15.9 Å². The summed E-state index contributed by atoms with van der Waals surface area (Å²) in [5.74, 6) is -0.997. The number of rotatable bonds is 7. The molecule has 0 spiro atoms. The smallest absolute Gasteiger partial charge is 0.326 e. The number of aromatic nitrogens is 2. The van der Waals surface area contributed by atoms with Gasteiger partial charge in [0.25, 0.3) is 5.56 Å². The van der Waals surface area contributed by atoms with Crippen LogP contribution in [0.5, 0.6) is 0 Å². The highest BCUT2D eigenvalue weighted by atomic mass is 79.9. The van der Waals surface area contributed by atoms with Gasteiger partial charge in [0.15, 0.2) is 0 Å². The van der Waals surface area contributed by atoms with E-state index in [1.165, 1.54) is 34.7 Å². The standard InChI is InChI=1S/C18H16BrN3O6S/c19-12-4-6-14(7-5-12)29(26,27)21-15(10-23)18(25)28-11-13-9-17(24)22-8-2-1-3-16(22)20-13/h1-9,15,21,23H,10-11H2. The fourth-order valence-electron chi connectivity index (χ4n) is 2.45. The van der Waals surface area contributed by atoms with Gasteiger partial charge in [-0.2, -0.15) is 4.72 Å². The van der Waals surface area contributed by atoms with E-state index in [0.717, 1.165) is 0 Å². The van der Waals surface area contributed by atoms with E-state index < -0.39 is 28.6 Å². The van der Waals surface area contributed by atoms with Crippen molar-refractivity contribution < 1.29 is 23.1 Å². The van der Waals surface area contributed by atoms with Crippen LogP contribution in [0.15, 0.2) is 68.9 Å². The van der Waals surface area contributed by atoms with Gasteiger partial charge in [-0.25, -0.2) is 13.4 Å². The van der Waals surface area contributed by atoms with Gasteiger partial charge in [0, 0.05) is 16.7 Å². The van der Waals surface area contributed by atoms with Crippen molar-refractivity contribution in [1.82, 2.24) is 14.1 Å². The Balaban J connectivity index is 1.70. The van der Waals surface area contributed by atoms with Crippen molar-refractivity contribution in [2.75, 3.05) is 6.61 Å². The van der Waals surface area contributed by atoms with Crippen molar-refractivity contribution in [3.05, 3.63) is 75.2 Å². The topological polar surface area (TPSA) is 127 Å². The number of pyridine rings is 1. The summed E-state index contributed by atoms with van der Waals surface area (Å²) in [6.45, 7) is -1.15. The molecule has 0 aliphatic rings. The Morgan fingerprint density at radius 2 is 1.97 bits per heavy atom. The lowest BCUT2D eigenvalue weighted by Crippen LogP contribution is -2.44. The molecule has 2 heterocycles. The number of carbonyl (C=O) groups excluding carboxylic acids is 1. The summed E-state index contributed by atoms with van der Waals surface area (Å²) in [5, 5.41) is 9.43. The van der Waals surface area contributed by atoms with Gasteiger partial charge in [0.2, 0.25) is 10.0 Å². The average Bonchev–Trinajstić information content (AvgIpc) is 2.70. The highest BCUT2D eigenvalue weighted by Crippen LogP contribution is 2.15. The van der Waals surface area contributed by atoms with Crippen LogP contribution in [-0.4, -0.2) is 41.5 Å². The molecule has 2 N–H and O–H groups in total. The molecule has 0 amide bonds. The van der Waals surface area contributed by atoms with Crippen LogP contribution < -0.4 is 10.3 Å². The predicted molar refractivity (Wildman–Crippen MR) is 107 cm³/mol. The molecule has 152 valence electrons. The maximum atomic E-state index is 12.4. The Bertz CT molecular complexity index is 1190. The zero-order valence-corrected chi connectivity index (χ0v) is 17.3. The lowest BCUT2D eigenvalue weighted by atomic mass is 10.3. The summed E-state index contributed by atoms with van der Waals surface area (Å²) in [4.78, 5) is 28.4. The van der Waals surface area contributed by atoms with Crippen LogP contribution in [0, 0.1) is 0 Å². The summed E-state index contributed by atoms with van der Waals surface area (Å²) in [7, 11) is -4.05. The van der Waals surface area contributed by atoms with E-state index >= 15 is 0 Å². The fraction of sp³-hybridized carbons (Fsp3) is 0.167. The summed E-state index contributed by atoms with van der Waals surface area (Å²) in [6.07, 6.45) is 1.55. The van der Waals surface area contributed by atoms with Crippen molar-refractivity contribution in [2.24, 2.45) is 0 Å². The number of sulfonamides is 1. The van der Waals surface area contributed by atoms with Crippen molar-refractivity contribution in [3.63, 3.8) is 0 Å². The molecule has 0 aliphatic heterocycles. The molecule has 0 bridgehead atoms. The molecular formula is C18H16BrN3O6S. The van der Waals surface area contributed by atoms with Gasteiger partial charge in [-0.1, -0.05) is 22.0 Å². The first-order valence-electron chi connectivity index (χ1n) is 8.33. The highest BCUT2D eigenvalue weighted by Gasteiger charge is 2.26. The average molecular weight is 482 g/mol. The molecule has 0 aliphatic carbocycles. The molecule has 0 radical (unpaired) electrons. The minimum Gasteiger partial charge on any atom is -0.458 e. The zero-order valence-electron chi connectivity index (χ0n) is 14.9. The Morgan fingerprint density at radius 1 is 1.24 bits per heavy atom. The molecule has 2 aromatic heterocycles. The Kier molecular flexibility index (Phi) is 6.42. The molecule has 3 rings (SSSR count). The van der Waals surface area contributed by atoms with Crippen LogP contribution in [0.1, 0.15) is 5.69 Å². The number of halogens is 1. The number of nitrogens with one attached hydrogen (secondary N) is 1. The third-order valence-electron chi connectivity index (χ3n) is 3.87. The first-order chi connectivity index (χ1) is 13.8. The largest absolute Gasteiger partial charge is 0.458 e. The number of esters is 1.